The molecule has 0 aliphatic heterocycles. The molecule has 0 heterocycles. The topological polar surface area (TPSA) is 58.6 Å². The SMILES string of the molecule is COc1ccc(C(=O)NCCN(CCc2ccc(Cl)cc2)C(C)=O)cc1. The first-order chi connectivity index (χ1) is 12.5. The molecule has 26 heavy (non-hydrogen) atoms. The van der Waals surface area contributed by atoms with Crippen molar-refractivity contribution in [2.45, 2.75) is 13.3 Å². The third-order valence-electron chi connectivity index (χ3n) is 4.05. The number of carbonyl (C=O) groups excluding carboxylic acids is 2. The van der Waals surface area contributed by atoms with Gasteiger partial charge in [0.05, 0.1) is 7.11 Å². The summed E-state index contributed by atoms with van der Waals surface area (Å²) in [5.74, 6) is 0.512. The van der Waals surface area contributed by atoms with Gasteiger partial charge in [0.1, 0.15) is 5.75 Å². The van der Waals surface area contributed by atoms with Gasteiger partial charge >= 0.3 is 0 Å². The summed E-state index contributed by atoms with van der Waals surface area (Å²) < 4.78 is 5.07. The molecule has 0 aliphatic carbocycles. The molecule has 6 heteroatoms. The summed E-state index contributed by atoms with van der Waals surface area (Å²) in [5, 5.41) is 3.53. The fraction of sp³-hybridized carbons (Fsp3) is 0.300. The average Bonchev–Trinajstić information content (AvgIpc) is 2.65. The van der Waals surface area contributed by atoms with Crippen LogP contribution in [-0.2, 0) is 11.2 Å². The van der Waals surface area contributed by atoms with E-state index < -0.39 is 0 Å². The zero-order valence-electron chi connectivity index (χ0n) is 15.0. The lowest BCUT2D eigenvalue weighted by Crippen LogP contribution is -2.38. The molecular weight excluding hydrogens is 352 g/mol. The number of amides is 2. The predicted molar refractivity (Wildman–Crippen MR) is 103 cm³/mol. The van der Waals surface area contributed by atoms with Gasteiger partial charge in [-0.3, -0.25) is 9.59 Å². The van der Waals surface area contributed by atoms with Crippen LogP contribution in [0.2, 0.25) is 5.02 Å². The second-order valence-electron chi connectivity index (χ2n) is 5.87. The van der Waals surface area contributed by atoms with E-state index >= 15 is 0 Å². The molecule has 0 unspecified atom stereocenters. The lowest BCUT2D eigenvalue weighted by molar-refractivity contribution is -0.128. The van der Waals surface area contributed by atoms with Crippen LogP contribution in [0.3, 0.4) is 0 Å². The van der Waals surface area contributed by atoms with Crippen molar-refractivity contribution in [3.8, 4) is 5.75 Å². The summed E-state index contributed by atoms with van der Waals surface area (Å²) in [6, 6.07) is 14.5. The molecule has 2 aromatic carbocycles. The molecule has 0 spiro atoms. The maximum Gasteiger partial charge on any atom is 0.251 e. The van der Waals surface area contributed by atoms with E-state index in [2.05, 4.69) is 5.32 Å². The van der Waals surface area contributed by atoms with E-state index in [4.69, 9.17) is 16.3 Å². The standard InChI is InChI=1S/C20H23ClN2O3/c1-15(24)23(13-11-16-3-7-18(21)8-4-16)14-12-22-20(25)17-5-9-19(26-2)10-6-17/h3-10H,11-14H2,1-2H3,(H,22,25). The van der Waals surface area contributed by atoms with Crippen LogP contribution in [0.4, 0.5) is 0 Å². The van der Waals surface area contributed by atoms with Gasteiger partial charge in [0.15, 0.2) is 0 Å². The Morgan fingerprint density at radius 3 is 2.27 bits per heavy atom. The molecule has 2 rings (SSSR count). The molecular formula is C20H23ClN2O3. The summed E-state index contributed by atoms with van der Waals surface area (Å²) in [7, 11) is 1.58. The van der Waals surface area contributed by atoms with Crippen molar-refractivity contribution in [2.75, 3.05) is 26.7 Å². The molecule has 0 radical (unpaired) electrons. The Bertz CT molecular complexity index is 730. The van der Waals surface area contributed by atoms with Crippen molar-refractivity contribution in [1.29, 1.82) is 0 Å². The third-order valence-corrected chi connectivity index (χ3v) is 4.30. The number of carbonyl (C=O) groups is 2. The lowest BCUT2D eigenvalue weighted by Gasteiger charge is -2.21. The monoisotopic (exact) mass is 374 g/mol. The van der Waals surface area contributed by atoms with Crippen LogP contribution in [0, 0.1) is 0 Å². The van der Waals surface area contributed by atoms with Crippen LogP contribution >= 0.6 is 11.6 Å². The number of hydrogen-bond donors (Lipinski definition) is 1. The number of methoxy groups -OCH3 is 1. The number of benzene rings is 2. The van der Waals surface area contributed by atoms with Gasteiger partial charge in [-0.1, -0.05) is 23.7 Å². The Morgan fingerprint density at radius 1 is 1.04 bits per heavy atom. The molecule has 138 valence electrons. The van der Waals surface area contributed by atoms with Crippen LogP contribution in [-0.4, -0.2) is 43.5 Å². The van der Waals surface area contributed by atoms with E-state index in [9.17, 15) is 9.59 Å². The smallest absolute Gasteiger partial charge is 0.251 e. The van der Waals surface area contributed by atoms with Gasteiger partial charge in [-0.25, -0.2) is 0 Å². The van der Waals surface area contributed by atoms with Crippen molar-refractivity contribution in [3.05, 3.63) is 64.7 Å². The van der Waals surface area contributed by atoms with Crippen LogP contribution in [0.15, 0.2) is 48.5 Å². The fourth-order valence-corrected chi connectivity index (χ4v) is 2.62. The molecule has 0 aromatic heterocycles. The molecule has 0 saturated heterocycles. The third kappa shape index (κ3) is 6.08. The predicted octanol–water partition coefficient (Wildman–Crippen LogP) is 3.17. The summed E-state index contributed by atoms with van der Waals surface area (Å²) >= 11 is 5.88. The maximum atomic E-state index is 12.1. The van der Waals surface area contributed by atoms with Gasteiger partial charge in [0.25, 0.3) is 5.91 Å². The quantitative estimate of drug-likeness (QED) is 0.772. The lowest BCUT2D eigenvalue weighted by atomic mass is 10.1. The number of nitrogens with one attached hydrogen (secondary N) is 1. The highest BCUT2D eigenvalue weighted by atomic mass is 35.5. The molecule has 2 aromatic rings. The van der Waals surface area contributed by atoms with Crippen molar-refractivity contribution in [2.24, 2.45) is 0 Å². The molecule has 0 saturated carbocycles. The Labute approximate surface area is 158 Å². The van der Waals surface area contributed by atoms with E-state index in [-0.39, 0.29) is 11.8 Å². The van der Waals surface area contributed by atoms with E-state index in [0.29, 0.717) is 36.0 Å². The van der Waals surface area contributed by atoms with Crippen molar-refractivity contribution in [3.63, 3.8) is 0 Å². The molecule has 5 nitrogen and oxygen atoms in total. The number of halogens is 1. The first kappa shape index (κ1) is 19.8. The van der Waals surface area contributed by atoms with Crippen LogP contribution in [0.25, 0.3) is 0 Å². The maximum absolute atomic E-state index is 12.1. The summed E-state index contributed by atoms with van der Waals surface area (Å²) in [6.07, 6.45) is 0.739. The summed E-state index contributed by atoms with van der Waals surface area (Å²) in [6.45, 7) is 2.98. The van der Waals surface area contributed by atoms with Crippen LogP contribution in [0.1, 0.15) is 22.8 Å². The second kappa shape index (κ2) is 9.82. The molecule has 0 atom stereocenters. The zero-order valence-corrected chi connectivity index (χ0v) is 15.8. The van der Waals surface area contributed by atoms with Gasteiger partial charge in [0, 0.05) is 37.1 Å². The highest BCUT2D eigenvalue weighted by molar-refractivity contribution is 6.30. The van der Waals surface area contributed by atoms with Gasteiger partial charge in [-0.15, -0.1) is 0 Å². The van der Waals surface area contributed by atoms with Gasteiger partial charge in [0.2, 0.25) is 5.91 Å². The van der Waals surface area contributed by atoms with Gasteiger partial charge < -0.3 is 15.0 Å². The van der Waals surface area contributed by atoms with E-state index in [0.717, 1.165) is 12.0 Å². The fourth-order valence-electron chi connectivity index (χ4n) is 2.49. The Morgan fingerprint density at radius 2 is 1.69 bits per heavy atom. The molecule has 0 fully saturated rings. The minimum atomic E-state index is -0.172. The number of nitrogens with zero attached hydrogens (tertiary/aromatic N) is 1. The molecule has 1 N–H and O–H groups in total. The van der Waals surface area contributed by atoms with E-state index in [1.165, 1.54) is 6.92 Å². The molecule has 0 aliphatic rings. The van der Waals surface area contributed by atoms with Crippen molar-refractivity contribution >= 4 is 23.4 Å². The number of ether oxygens (including phenoxy) is 1. The second-order valence-corrected chi connectivity index (χ2v) is 6.30. The van der Waals surface area contributed by atoms with Crippen LogP contribution in [0.5, 0.6) is 5.75 Å². The van der Waals surface area contributed by atoms with Gasteiger partial charge in [-0.2, -0.15) is 0 Å². The largest absolute Gasteiger partial charge is 0.497 e. The Hall–Kier alpha value is -2.53. The minimum absolute atomic E-state index is 0.0161. The van der Waals surface area contributed by atoms with Crippen LogP contribution < -0.4 is 10.1 Å². The number of rotatable bonds is 8. The zero-order chi connectivity index (χ0) is 18.9. The number of hydrogen-bond acceptors (Lipinski definition) is 3. The normalized spacial score (nSPS) is 10.3. The molecule has 2 amide bonds. The minimum Gasteiger partial charge on any atom is -0.497 e. The first-order valence-electron chi connectivity index (χ1n) is 8.42. The Balaban J connectivity index is 1.80. The summed E-state index contributed by atoms with van der Waals surface area (Å²) in [5.41, 5.74) is 1.67. The van der Waals surface area contributed by atoms with E-state index in [1.54, 1.807) is 36.3 Å². The average molecular weight is 375 g/mol. The summed E-state index contributed by atoms with van der Waals surface area (Å²) in [4.78, 5) is 25.7. The molecule has 0 bridgehead atoms. The first-order valence-corrected chi connectivity index (χ1v) is 8.79. The van der Waals surface area contributed by atoms with Gasteiger partial charge in [-0.05, 0) is 48.4 Å². The highest BCUT2D eigenvalue weighted by Gasteiger charge is 2.10. The van der Waals surface area contributed by atoms with Crippen molar-refractivity contribution < 1.29 is 14.3 Å². The Kier molecular flexibility index (Phi) is 7.48. The van der Waals surface area contributed by atoms with Crippen molar-refractivity contribution in [1.82, 2.24) is 10.2 Å². The van der Waals surface area contributed by atoms with E-state index in [1.807, 2.05) is 24.3 Å². The highest BCUT2D eigenvalue weighted by Crippen LogP contribution is 2.11.